The number of aliphatic hydroxyl groups is 1. The normalized spacial score (nSPS) is 13.1. The van der Waals surface area contributed by atoms with Crippen LogP contribution in [0.2, 0.25) is 0 Å². The van der Waals surface area contributed by atoms with Gasteiger partial charge in [-0.1, -0.05) is 0 Å². The minimum atomic E-state index is -4.60. The summed E-state index contributed by atoms with van der Waals surface area (Å²) in [7, 11) is 0. The van der Waals surface area contributed by atoms with Gasteiger partial charge in [0, 0.05) is 0 Å². The lowest BCUT2D eigenvalue weighted by Crippen LogP contribution is -2.20. The van der Waals surface area contributed by atoms with Crippen molar-refractivity contribution in [2.24, 2.45) is 5.73 Å². The fourth-order valence-corrected chi connectivity index (χ4v) is 1.20. The minimum Gasteiger partial charge on any atom is -0.394 e. The highest BCUT2D eigenvalue weighted by molar-refractivity contribution is 5.85. The highest BCUT2D eigenvalue weighted by Gasteiger charge is 2.34. The number of nitrogens with two attached hydrogens (primary N) is 1. The van der Waals surface area contributed by atoms with Crippen molar-refractivity contribution in [3.05, 3.63) is 35.1 Å². The van der Waals surface area contributed by atoms with E-state index in [1.54, 1.807) is 0 Å². The Kier molecular flexibility index (Phi) is 5.18. The SMILES string of the molecule is Cl.N[C@H](CO)c1cc(F)ccc1C(F)(F)F. The topological polar surface area (TPSA) is 46.2 Å². The van der Waals surface area contributed by atoms with Crippen LogP contribution in [0.1, 0.15) is 17.2 Å². The lowest BCUT2D eigenvalue weighted by molar-refractivity contribution is -0.138. The smallest absolute Gasteiger partial charge is 0.394 e. The van der Waals surface area contributed by atoms with Crippen molar-refractivity contribution in [3.8, 4) is 0 Å². The highest BCUT2D eigenvalue weighted by atomic mass is 35.5. The third-order valence-corrected chi connectivity index (χ3v) is 1.92. The van der Waals surface area contributed by atoms with Crippen LogP contribution in [0, 0.1) is 5.82 Å². The molecule has 0 fully saturated rings. The minimum absolute atomic E-state index is 0. The van der Waals surface area contributed by atoms with Crippen molar-refractivity contribution >= 4 is 12.4 Å². The number of halogens is 5. The fourth-order valence-electron chi connectivity index (χ4n) is 1.20. The zero-order valence-electron chi connectivity index (χ0n) is 7.96. The number of hydrogen-bond donors (Lipinski definition) is 2. The number of aliphatic hydroxyl groups excluding tert-OH is 1. The second-order valence-electron chi connectivity index (χ2n) is 3.02. The van der Waals surface area contributed by atoms with Crippen molar-refractivity contribution in [2.75, 3.05) is 6.61 Å². The molecule has 3 N–H and O–H groups in total. The second kappa shape index (κ2) is 5.47. The second-order valence-corrected chi connectivity index (χ2v) is 3.02. The van der Waals surface area contributed by atoms with Gasteiger partial charge in [-0.15, -0.1) is 12.4 Å². The Labute approximate surface area is 95.5 Å². The van der Waals surface area contributed by atoms with Crippen molar-refractivity contribution in [3.63, 3.8) is 0 Å². The monoisotopic (exact) mass is 259 g/mol. The Balaban J connectivity index is 0.00000225. The summed E-state index contributed by atoms with van der Waals surface area (Å²) < 4.78 is 50.0. The molecular formula is C9H10ClF4NO. The molecule has 0 aromatic heterocycles. The van der Waals surface area contributed by atoms with E-state index in [4.69, 9.17) is 10.8 Å². The van der Waals surface area contributed by atoms with Crippen LogP contribution in [0.4, 0.5) is 17.6 Å². The molecule has 0 aliphatic carbocycles. The zero-order chi connectivity index (χ0) is 11.6. The molecule has 0 amide bonds. The summed E-state index contributed by atoms with van der Waals surface area (Å²) in [5.74, 6) is -0.818. The standard InChI is InChI=1S/C9H9F4NO.ClH/c10-5-1-2-7(9(11,12)13)6(3-5)8(14)4-15;/h1-3,8,15H,4,14H2;1H/t8-;/m1./s1. The molecular weight excluding hydrogens is 250 g/mol. The van der Waals surface area contributed by atoms with Crippen LogP contribution in [-0.4, -0.2) is 11.7 Å². The van der Waals surface area contributed by atoms with Gasteiger partial charge >= 0.3 is 6.18 Å². The van der Waals surface area contributed by atoms with E-state index in [-0.39, 0.29) is 12.4 Å². The number of hydrogen-bond acceptors (Lipinski definition) is 2. The van der Waals surface area contributed by atoms with E-state index in [0.29, 0.717) is 18.2 Å². The summed E-state index contributed by atoms with van der Waals surface area (Å²) >= 11 is 0. The first-order chi connectivity index (χ1) is 6.86. The van der Waals surface area contributed by atoms with Crippen LogP contribution in [0.15, 0.2) is 18.2 Å². The summed E-state index contributed by atoms with van der Waals surface area (Å²) in [5, 5.41) is 8.65. The third-order valence-electron chi connectivity index (χ3n) is 1.92. The van der Waals surface area contributed by atoms with E-state index < -0.39 is 35.8 Å². The molecule has 0 radical (unpaired) electrons. The molecule has 0 heterocycles. The van der Waals surface area contributed by atoms with Crippen molar-refractivity contribution in [1.29, 1.82) is 0 Å². The maximum Gasteiger partial charge on any atom is 0.416 e. The molecule has 0 bridgehead atoms. The van der Waals surface area contributed by atoms with Crippen LogP contribution in [0.3, 0.4) is 0 Å². The molecule has 16 heavy (non-hydrogen) atoms. The Bertz CT molecular complexity index is 356. The molecule has 2 nitrogen and oxygen atoms in total. The number of rotatable bonds is 2. The van der Waals surface area contributed by atoms with Gasteiger partial charge in [0.25, 0.3) is 0 Å². The van der Waals surface area contributed by atoms with Crippen molar-refractivity contribution in [1.82, 2.24) is 0 Å². The van der Waals surface area contributed by atoms with E-state index in [9.17, 15) is 17.6 Å². The summed E-state index contributed by atoms with van der Waals surface area (Å²) in [6.07, 6.45) is -4.60. The Morgan fingerprint density at radius 2 is 1.88 bits per heavy atom. The zero-order valence-corrected chi connectivity index (χ0v) is 8.78. The molecule has 0 saturated heterocycles. The molecule has 0 saturated carbocycles. The average molecular weight is 260 g/mol. The molecule has 1 rings (SSSR count). The van der Waals surface area contributed by atoms with Crippen molar-refractivity contribution in [2.45, 2.75) is 12.2 Å². The predicted molar refractivity (Wildman–Crippen MR) is 52.7 cm³/mol. The molecule has 1 aromatic rings. The molecule has 1 atom stereocenters. The van der Waals surface area contributed by atoms with Crippen LogP contribution in [-0.2, 0) is 6.18 Å². The molecule has 7 heteroatoms. The summed E-state index contributed by atoms with van der Waals surface area (Å²) in [4.78, 5) is 0. The van der Waals surface area contributed by atoms with Crippen LogP contribution in [0.25, 0.3) is 0 Å². The van der Waals surface area contributed by atoms with Gasteiger partial charge in [0.05, 0.1) is 18.2 Å². The van der Waals surface area contributed by atoms with Gasteiger partial charge < -0.3 is 10.8 Å². The number of alkyl halides is 3. The van der Waals surface area contributed by atoms with Gasteiger partial charge in [0.15, 0.2) is 0 Å². The Hall–Kier alpha value is -0.850. The van der Waals surface area contributed by atoms with Gasteiger partial charge in [-0.25, -0.2) is 4.39 Å². The highest BCUT2D eigenvalue weighted by Crippen LogP contribution is 2.34. The third kappa shape index (κ3) is 3.33. The first-order valence-corrected chi connectivity index (χ1v) is 4.09. The Morgan fingerprint density at radius 1 is 1.31 bits per heavy atom. The molecule has 1 aromatic carbocycles. The molecule has 0 unspecified atom stereocenters. The van der Waals surface area contributed by atoms with Crippen LogP contribution >= 0.6 is 12.4 Å². The fraction of sp³-hybridized carbons (Fsp3) is 0.333. The lowest BCUT2D eigenvalue weighted by Gasteiger charge is -2.16. The molecule has 0 aliphatic rings. The Morgan fingerprint density at radius 3 is 2.31 bits per heavy atom. The number of benzene rings is 1. The molecule has 0 aliphatic heterocycles. The largest absolute Gasteiger partial charge is 0.416 e. The van der Waals surface area contributed by atoms with E-state index in [1.165, 1.54) is 0 Å². The quantitative estimate of drug-likeness (QED) is 0.801. The predicted octanol–water partition coefficient (Wildman–Crippen LogP) is 2.26. The van der Waals surface area contributed by atoms with Crippen molar-refractivity contribution < 1.29 is 22.7 Å². The van der Waals surface area contributed by atoms with Gasteiger partial charge in [-0.3, -0.25) is 0 Å². The van der Waals surface area contributed by atoms with Gasteiger partial charge in [-0.05, 0) is 23.8 Å². The molecule has 0 spiro atoms. The molecule has 92 valence electrons. The van der Waals surface area contributed by atoms with E-state index in [0.717, 1.165) is 0 Å². The first kappa shape index (κ1) is 15.2. The van der Waals surface area contributed by atoms with Crippen LogP contribution < -0.4 is 5.73 Å². The summed E-state index contributed by atoms with van der Waals surface area (Å²) in [6.45, 7) is -0.674. The average Bonchev–Trinajstić information content (AvgIpc) is 2.14. The van der Waals surface area contributed by atoms with Gasteiger partial charge in [-0.2, -0.15) is 13.2 Å². The lowest BCUT2D eigenvalue weighted by atomic mass is 10.0. The maximum atomic E-state index is 12.7. The van der Waals surface area contributed by atoms with Gasteiger partial charge in [0.2, 0.25) is 0 Å². The maximum absolute atomic E-state index is 12.7. The van der Waals surface area contributed by atoms with Gasteiger partial charge in [0.1, 0.15) is 5.82 Å². The van der Waals surface area contributed by atoms with E-state index in [2.05, 4.69) is 0 Å². The van der Waals surface area contributed by atoms with Crippen LogP contribution in [0.5, 0.6) is 0 Å². The summed E-state index contributed by atoms with van der Waals surface area (Å²) in [6, 6.07) is 0.762. The first-order valence-electron chi connectivity index (χ1n) is 4.09. The summed E-state index contributed by atoms with van der Waals surface area (Å²) in [5.41, 5.74) is 3.78. The van der Waals surface area contributed by atoms with E-state index in [1.807, 2.05) is 0 Å². The van der Waals surface area contributed by atoms with E-state index >= 15 is 0 Å².